The number of ketones is 1. The standard InChI is InChI=1S/C12H14F3NO2/c1-2-8(7-16)11(17)9-5-3-4-6-10(9)18-12(13,14)15/h3-6,8H,2,7,16H2,1H3. The zero-order valence-corrected chi connectivity index (χ0v) is 9.83. The molecule has 0 amide bonds. The number of nitrogens with two attached hydrogens (primary N) is 1. The van der Waals surface area contributed by atoms with E-state index in [0.29, 0.717) is 6.42 Å². The van der Waals surface area contributed by atoms with Crippen LogP contribution in [-0.4, -0.2) is 18.7 Å². The van der Waals surface area contributed by atoms with E-state index in [1.807, 2.05) is 0 Å². The molecule has 1 aromatic carbocycles. The molecule has 0 aliphatic rings. The lowest BCUT2D eigenvalue weighted by atomic mass is 9.95. The minimum absolute atomic E-state index is 0.0906. The molecule has 3 nitrogen and oxygen atoms in total. The van der Waals surface area contributed by atoms with Crippen molar-refractivity contribution >= 4 is 5.78 Å². The third kappa shape index (κ3) is 3.73. The number of rotatable bonds is 5. The molecule has 0 radical (unpaired) electrons. The van der Waals surface area contributed by atoms with E-state index in [2.05, 4.69) is 4.74 Å². The van der Waals surface area contributed by atoms with Gasteiger partial charge < -0.3 is 10.5 Å². The van der Waals surface area contributed by atoms with Crippen LogP contribution in [0.15, 0.2) is 24.3 Å². The van der Waals surface area contributed by atoms with Gasteiger partial charge in [-0.15, -0.1) is 13.2 Å². The van der Waals surface area contributed by atoms with Gasteiger partial charge in [-0.25, -0.2) is 0 Å². The molecule has 0 bridgehead atoms. The van der Waals surface area contributed by atoms with Crippen LogP contribution in [0.2, 0.25) is 0 Å². The largest absolute Gasteiger partial charge is 0.573 e. The van der Waals surface area contributed by atoms with Crippen LogP contribution >= 0.6 is 0 Å². The first-order chi connectivity index (χ1) is 8.39. The van der Waals surface area contributed by atoms with Crippen molar-refractivity contribution < 1.29 is 22.7 Å². The number of ether oxygens (including phenoxy) is 1. The monoisotopic (exact) mass is 261 g/mol. The Morgan fingerprint density at radius 2 is 2.00 bits per heavy atom. The molecule has 6 heteroatoms. The number of halogens is 3. The third-order valence-electron chi connectivity index (χ3n) is 2.53. The molecular weight excluding hydrogens is 247 g/mol. The number of hydrogen-bond acceptors (Lipinski definition) is 3. The summed E-state index contributed by atoms with van der Waals surface area (Å²) >= 11 is 0. The molecule has 100 valence electrons. The predicted octanol–water partition coefficient (Wildman–Crippen LogP) is 2.75. The topological polar surface area (TPSA) is 52.3 Å². The summed E-state index contributed by atoms with van der Waals surface area (Å²) in [5.74, 6) is -1.41. The van der Waals surface area contributed by atoms with E-state index in [0.717, 1.165) is 6.07 Å². The van der Waals surface area contributed by atoms with Gasteiger partial charge in [0.15, 0.2) is 5.78 Å². The highest BCUT2D eigenvalue weighted by Gasteiger charge is 2.33. The van der Waals surface area contributed by atoms with Gasteiger partial charge in [0.2, 0.25) is 0 Å². The van der Waals surface area contributed by atoms with Crippen LogP contribution in [0.25, 0.3) is 0 Å². The van der Waals surface area contributed by atoms with Crippen molar-refractivity contribution in [1.82, 2.24) is 0 Å². The van der Waals surface area contributed by atoms with Crippen LogP contribution in [0.3, 0.4) is 0 Å². The summed E-state index contributed by atoms with van der Waals surface area (Å²) < 4.78 is 40.4. The molecule has 1 unspecified atom stereocenters. The maximum Gasteiger partial charge on any atom is 0.573 e. The Hall–Kier alpha value is -1.56. The fraction of sp³-hybridized carbons (Fsp3) is 0.417. The normalized spacial score (nSPS) is 13.2. The molecule has 1 atom stereocenters. The van der Waals surface area contributed by atoms with Crippen molar-refractivity contribution in [3.05, 3.63) is 29.8 Å². The highest BCUT2D eigenvalue weighted by molar-refractivity contribution is 6.00. The van der Waals surface area contributed by atoms with Crippen molar-refractivity contribution in [2.45, 2.75) is 19.7 Å². The Labute approximate surface area is 103 Å². The molecule has 2 N–H and O–H groups in total. The molecule has 0 saturated carbocycles. The Bertz CT molecular complexity index is 414. The van der Waals surface area contributed by atoms with Crippen LogP contribution < -0.4 is 10.5 Å². The SMILES string of the molecule is CCC(CN)C(=O)c1ccccc1OC(F)(F)F. The molecule has 0 aliphatic carbocycles. The van der Waals surface area contributed by atoms with Crippen molar-refractivity contribution in [2.24, 2.45) is 11.7 Å². The fourth-order valence-electron chi connectivity index (χ4n) is 1.56. The van der Waals surface area contributed by atoms with Crippen molar-refractivity contribution in [1.29, 1.82) is 0 Å². The van der Waals surface area contributed by atoms with E-state index in [-0.39, 0.29) is 12.1 Å². The van der Waals surface area contributed by atoms with Gasteiger partial charge in [0.25, 0.3) is 0 Å². The van der Waals surface area contributed by atoms with Gasteiger partial charge >= 0.3 is 6.36 Å². The van der Waals surface area contributed by atoms with Gasteiger partial charge in [0.1, 0.15) is 5.75 Å². The minimum Gasteiger partial charge on any atom is -0.405 e. The summed E-state index contributed by atoms with van der Waals surface area (Å²) in [7, 11) is 0. The maximum atomic E-state index is 12.2. The van der Waals surface area contributed by atoms with Gasteiger partial charge in [-0.1, -0.05) is 19.1 Å². The second-order valence-electron chi connectivity index (χ2n) is 3.75. The average molecular weight is 261 g/mol. The van der Waals surface area contributed by atoms with E-state index in [9.17, 15) is 18.0 Å². The van der Waals surface area contributed by atoms with Crippen molar-refractivity contribution in [3.63, 3.8) is 0 Å². The highest BCUT2D eigenvalue weighted by Crippen LogP contribution is 2.28. The zero-order valence-electron chi connectivity index (χ0n) is 9.83. The third-order valence-corrected chi connectivity index (χ3v) is 2.53. The van der Waals surface area contributed by atoms with Crippen LogP contribution in [0.1, 0.15) is 23.7 Å². The van der Waals surface area contributed by atoms with E-state index < -0.39 is 23.8 Å². The van der Waals surface area contributed by atoms with Crippen molar-refractivity contribution in [2.75, 3.05) is 6.54 Å². The summed E-state index contributed by atoms with van der Waals surface area (Å²) in [5, 5.41) is 0. The maximum absolute atomic E-state index is 12.2. The smallest absolute Gasteiger partial charge is 0.405 e. The van der Waals surface area contributed by atoms with Gasteiger partial charge in [-0.3, -0.25) is 4.79 Å². The predicted molar refractivity (Wildman–Crippen MR) is 60.3 cm³/mol. The summed E-state index contributed by atoms with van der Waals surface area (Å²) in [6.45, 7) is 1.85. The van der Waals surface area contributed by atoms with Crippen LogP contribution in [0.5, 0.6) is 5.75 Å². The number of carbonyl (C=O) groups excluding carboxylic acids is 1. The summed E-state index contributed by atoms with van der Waals surface area (Å²) in [6, 6.07) is 5.28. The average Bonchev–Trinajstić information content (AvgIpc) is 2.29. The van der Waals surface area contributed by atoms with Crippen LogP contribution in [0.4, 0.5) is 13.2 Å². The van der Waals surface area contributed by atoms with Gasteiger partial charge in [-0.05, 0) is 18.6 Å². The Balaban J connectivity index is 3.05. The number of hydrogen-bond donors (Lipinski definition) is 1. The van der Waals surface area contributed by atoms with Gasteiger partial charge in [0, 0.05) is 12.5 Å². The molecule has 1 aromatic rings. The molecule has 0 fully saturated rings. The van der Waals surface area contributed by atoms with E-state index in [1.165, 1.54) is 18.2 Å². The second-order valence-corrected chi connectivity index (χ2v) is 3.75. The minimum atomic E-state index is -4.82. The fourth-order valence-corrected chi connectivity index (χ4v) is 1.56. The van der Waals surface area contributed by atoms with E-state index in [4.69, 9.17) is 5.73 Å². The van der Waals surface area contributed by atoms with Crippen LogP contribution in [-0.2, 0) is 0 Å². The van der Waals surface area contributed by atoms with E-state index in [1.54, 1.807) is 6.92 Å². The lowest BCUT2D eigenvalue weighted by Gasteiger charge is -2.15. The molecule has 1 rings (SSSR count). The lowest BCUT2D eigenvalue weighted by molar-refractivity contribution is -0.274. The summed E-state index contributed by atoms with van der Waals surface area (Å²) in [6.07, 6.45) is -4.35. The van der Waals surface area contributed by atoms with Gasteiger partial charge in [-0.2, -0.15) is 0 Å². The van der Waals surface area contributed by atoms with E-state index >= 15 is 0 Å². The van der Waals surface area contributed by atoms with Crippen LogP contribution in [0, 0.1) is 5.92 Å². The first-order valence-electron chi connectivity index (χ1n) is 5.48. The highest BCUT2D eigenvalue weighted by atomic mass is 19.4. The first kappa shape index (κ1) is 14.5. The molecular formula is C12H14F3NO2. The Morgan fingerprint density at radius 3 is 2.50 bits per heavy atom. The number of carbonyl (C=O) groups is 1. The second kappa shape index (κ2) is 5.86. The molecule has 0 aromatic heterocycles. The molecule has 18 heavy (non-hydrogen) atoms. The first-order valence-corrected chi connectivity index (χ1v) is 5.48. The Morgan fingerprint density at radius 1 is 1.39 bits per heavy atom. The molecule has 0 saturated heterocycles. The number of para-hydroxylation sites is 1. The number of Topliss-reactive ketones (excluding diaryl/α,β-unsaturated/α-hetero) is 1. The van der Waals surface area contributed by atoms with Gasteiger partial charge in [0.05, 0.1) is 5.56 Å². The zero-order chi connectivity index (χ0) is 13.8. The summed E-state index contributed by atoms with van der Waals surface area (Å²) in [4.78, 5) is 12.0. The number of alkyl halides is 3. The van der Waals surface area contributed by atoms with Crippen molar-refractivity contribution in [3.8, 4) is 5.75 Å². The molecule has 0 aliphatic heterocycles. The lowest BCUT2D eigenvalue weighted by Crippen LogP contribution is -2.25. The number of benzene rings is 1. The molecule has 0 heterocycles. The Kier molecular flexibility index (Phi) is 4.72. The summed E-state index contributed by atoms with van der Waals surface area (Å²) in [5.41, 5.74) is 5.32. The quantitative estimate of drug-likeness (QED) is 0.829. The molecule has 0 spiro atoms.